The molecule has 1 aliphatic rings. The maximum absolute atomic E-state index is 5.90. The number of morpholine rings is 1. The molecule has 4 nitrogen and oxygen atoms in total. The highest BCUT2D eigenvalue weighted by atomic mass is 35.5. The largest absolute Gasteiger partial charge is 0.379 e. The fourth-order valence-corrected chi connectivity index (χ4v) is 3.08. The van der Waals surface area contributed by atoms with Gasteiger partial charge in [0.05, 0.1) is 13.2 Å². The van der Waals surface area contributed by atoms with E-state index in [0.29, 0.717) is 16.7 Å². The zero-order valence-corrected chi connectivity index (χ0v) is 15.6. The Morgan fingerprint density at radius 3 is 2.44 bits per heavy atom. The van der Waals surface area contributed by atoms with E-state index >= 15 is 0 Å². The highest BCUT2D eigenvalue weighted by Crippen LogP contribution is 2.15. The average Bonchev–Trinajstić information content (AvgIpc) is 2.64. The van der Waals surface area contributed by atoms with Crippen LogP contribution in [0.15, 0.2) is 48.5 Å². The van der Waals surface area contributed by atoms with Crippen molar-refractivity contribution in [3.63, 3.8) is 0 Å². The zero-order chi connectivity index (χ0) is 17.5. The molecule has 0 spiro atoms. The van der Waals surface area contributed by atoms with Gasteiger partial charge in [-0.2, -0.15) is 0 Å². The first kappa shape index (κ1) is 18.1. The van der Waals surface area contributed by atoms with Crippen molar-refractivity contribution < 1.29 is 4.74 Å². The highest BCUT2D eigenvalue weighted by molar-refractivity contribution is 7.80. The molecule has 0 bridgehead atoms. The smallest absolute Gasteiger partial charge is 0.171 e. The Balaban J connectivity index is 1.55. The van der Waals surface area contributed by atoms with Gasteiger partial charge < -0.3 is 15.4 Å². The van der Waals surface area contributed by atoms with Crippen LogP contribution in [0.2, 0.25) is 5.02 Å². The van der Waals surface area contributed by atoms with Crippen LogP contribution in [0, 0.1) is 0 Å². The summed E-state index contributed by atoms with van der Waals surface area (Å²) in [5.74, 6) is 0. The van der Waals surface area contributed by atoms with Gasteiger partial charge in [0.2, 0.25) is 0 Å². The van der Waals surface area contributed by atoms with Gasteiger partial charge in [0.15, 0.2) is 5.11 Å². The van der Waals surface area contributed by atoms with Crippen LogP contribution < -0.4 is 10.6 Å². The molecule has 132 valence electrons. The molecule has 2 aromatic carbocycles. The number of hydrogen-bond donors (Lipinski definition) is 2. The lowest BCUT2D eigenvalue weighted by atomic mass is 10.1. The molecular weight excluding hydrogens is 354 g/mol. The first-order valence-electron chi connectivity index (χ1n) is 8.38. The second kappa shape index (κ2) is 9.15. The van der Waals surface area contributed by atoms with E-state index in [1.54, 1.807) is 0 Å². The Morgan fingerprint density at radius 1 is 1.04 bits per heavy atom. The molecule has 25 heavy (non-hydrogen) atoms. The first-order valence-corrected chi connectivity index (χ1v) is 9.16. The number of benzene rings is 2. The van der Waals surface area contributed by atoms with Gasteiger partial charge in [-0.3, -0.25) is 4.90 Å². The van der Waals surface area contributed by atoms with Crippen molar-refractivity contribution in [1.29, 1.82) is 0 Å². The van der Waals surface area contributed by atoms with E-state index in [4.69, 9.17) is 28.6 Å². The van der Waals surface area contributed by atoms with Crippen LogP contribution in [-0.4, -0.2) is 36.3 Å². The number of nitrogens with one attached hydrogen (secondary N) is 2. The van der Waals surface area contributed by atoms with Gasteiger partial charge >= 0.3 is 0 Å². The van der Waals surface area contributed by atoms with Crippen LogP contribution in [0.25, 0.3) is 0 Å². The molecule has 1 fully saturated rings. The summed E-state index contributed by atoms with van der Waals surface area (Å²) in [6.45, 7) is 5.24. The van der Waals surface area contributed by atoms with Gasteiger partial charge in [0, 0.05) is 36.9 Å². The molecule has 1 aliphatic heterocycles. The van der Waals surface area contributed by atoms with Gasteiger partial charge in [-0.25, -0.2) is 0 Å². The number of halogens is 1. The van der Waals surface area contributed by atoms with Crippen LogP contribution >= 0.6 is 23.8 Å². The van der Waals surface area contributed by atoms with Gasteiger partial charge in [0.25, 0.3) is 0 Å². The minimum Gasteiger partial charge on any atom is -0.379 e. The molecule has 0 atom stereocenters. The number of ether oxygens (including phenoxy) is 1. The average molecular weight is 376 g/mol. The summed E-state index contributed by atoms with van der Waals surface area (Å²) in [6, 6.07) is 16.0. The molecule has 2 N–H and O–H groups in total. The third-order valence-corrected chi connectivity index (χ3v) is 4.66. The van der Waals surface area contributed by atoms with Crippen LogP contribution in [0.3, 0.4) is 0 Å². The molecule has 0 aromatic heterocycles. The third kappa shape index (κ3) is 5.68. The number of hydrogen-bond acceptors (Lipinski definition) is 3. The van der Waals surface area contributed by atoms with Crippen LogP contribution in [0.5, 0.6) is 0 Å². The minimum atomic E-state index is 0.600. The molecule has 0 amide bonds. The van der Waals surface area contributed by atoms with E-state index in [9.17, 15) is 0 Å². The molecule has 0 aliphatic carbocycles. The maximum atomic E-state index is 5.90. The second-order valence-corrected chi connectivity index (χ2v) is 6.82. The molecular formula is C19H22ClN3OS. The Morgan fingerprint density at radius 2 is 1.72 bits per heavy atom. The summed E-state index contributed by atoms with van der Waals surface area (Å²) in [4.78, 5) is 2.42. The van der Waals surface area contributed by atoms with Gasteiger partial charge in [-0.15, -0.1) is 0 Å². The second-order valence-electron chi connectivity index (χ2n) is 5.97. The van der Waals surface area contributed by atoms with E-state index in [1.807, 2.05) is 24.3 Å². The molecule has 6 heteroatoms. The predicted molar refractivity (Wildman–Crippen MR) is 107 cm³/mol. The molecule has 3 rings (SSSR count). The van der Waals surface area contributed by atoms with Crippen molar-refractivity contribution >= 4 is 34.6 Å². The zero-order valence-electron chi connectivity index (χ0n) is 14.0. The summed E-state index contributed by atoms with van der Waals surface area (Å²) in [5, 5.41) is 7.77. The number of rotatable bonds is 5. The molecule has 0 unspecified atom stereocenters. The molecule has 0 saturated carbocycles. The van der Waals surface area contributed by atoms with Crippen molar-refractivity contribution in [3.05, 3.63) is 64.7 Å². The lowest BCUT2D eigenvalue weighted by Gasteiger charge is -2.27. The van der Waals surface area contributed by atoms with Crippen LogP contribution in [0.1, 0.15) is 11.1 Å². The first-order chi connectivity index (χ1) is 12.2. The molecule has 1 heterocycles. The number of thiocarbonyl (C=S) groups is 1. The van der Waals surface area contributed by atoms with Crippen molar-refractivity contribution in [2.45, 2.75) is 13.1 Å². The Labute approximate surface area is 159 Å². The third-order valence-electron chi connectivity index (χ3n) is 4.16. The lowest BCUT2D eigenvalue weighted by molar-refractivity contribution is 0.0341. The maximum Gasteiger partial charge on any atom is 0.171 e. The Kier molecular flexibility index (Phi) is 6.64. The summed E-state index contributed by atoms with van der Waals surface area (Å²) in [5.41, 5.74) is 3.50. The molecule has 2 aromatic rings. The quantitative estimate of drug-likeness (QED) is 0.780. The topological polar surface area (TPSA) is 36.5 Å². The van der Waals surface area contributed by atoms with Crippen molar-refractivity contribution in [3.8, 4) is 0 Å². The van der Waals surface area contributed by atoms with E-state index < -0.39 is 0 Å². The summed E-state index contributed by atoms with van der Waals surface area (Å²) >= 11 is 11.3. The van der Waals surface area contributed by atoms with Crippen molar-refractivity contribution in [2.24, 2.45) is 0 Å². The highest BCUT2D eigenvalue weighted by Gasteiger charge is 2.12. The monoisotopic (exact) mass is 375 g/mol. The summed E-state index contributed by atoms with van der Waals surface area (Å²) < 4.78 is 5.42. The van der Waals surface area contributed by atoms with Crippen LogP contribution in [0.4, 0.5) is 5.69 Å². The SMILES string of the molecule is S=C(NCc1ccccc1CN1CCOCC1)Nc1ccc(Cl)cc1. The van der Waals surface area contributed by atoms with E-state index in [1.165, 1.54) is 11.1 Å². The van der Waals surface area contributed by atoms with E-state index in [2.05, 4.69) is 39.8 Å². The minimum absolute atomic E-state index is 0.600. The summed E-state index contributed by atoms with van der Waals surface area (Å²) in [7, 11) is 0. The molecule has 0 radical (unpaired) electrons. The number of anilines is 1. The van der Waals surface area contributed by atoms with Gasteiger partial charge in [0.1, 0.15) is 0 Å². The number of nitrogens with zero attached hydrogens (tertiary/aromatic N) is 1. The molecule has 1 saturated heterocycles. The fourth-order valence-electron chi connectivity index (χ4n) is 2.77. The van der Waals surface area contributed by atoms with Crippen molar-refractivity contribution in [1.82, 2.24) is 10.2 Å². The standard InChI is InChI=1S/C19H22ClN3OS/c20-17-5-7-18(8-6-17)22-19(25)21-13-15-3-1-2-4-16(15)14-23-9-11-24-12-10-23/h1-8H,9-14H2,(H2,21,22,25). The Bertz CT molecular complexity index is 702. The van der Waals surface area contributed by atoms with E-state index in [-0.39, 0.29) is 0 Å². The fraction of sp³-hybridized carbons (Fsp3) is 0.316. The van der Waals surface area contributed by atoms with E-state index in [0.717, 1.165) is 38.5 Å². The van der Waals surface area contributed by atoms with Gasteiger partial charge in [-0.05, 0) is 47.6 Å². The van der Waals surface area contributed by atoms with Crippen LogP contribution in [-0.2, 0) is 17.8 Å². The van der Waals surface area contributed by atoms with Gasteiger partial charge in [-0.1, -0.05) is 35.9 Å². The lowest BCUT2D eigenvalue weighted by Crippen LogP contribution is -2.36. The Hall–Kier alpha value is -1.66. The normalized spacial score (nSPS) is 14.9. The summed E-state index contributed by atoms with van der Waals surface area (Å²) in [6.07, 6.45) is 0. The van der Waals surface area contributed by atoms with Crippen molar-refractivity contribution in [2.75, 3.05) is 31.6 Å². The predicted octanol–water partition coefficient (Wildman–Crippen LogP) is 3.66.